The molecule has 4 heterocycles. The first-order valence-corrected chi connectivity index (χ1v) is 17.5. The van der Waals surface area contributed by atoms with Gasteiger partial charge in [-0.05, 0) is 47.9 Å². The van der Waals surface area contributed by atoms with Gasteiger partial charge in [-0.25, -0.2) is 25.0 Å². The molecule has 0 atom stereocenters. The molecule has 3 aliphatic rings. The minimum Gasteiger partial charge on any atom is -0.324 e. The molecule has 4 aromatic carbocycles. The number of hydrogen-bond acceptors (Lipinski definition) is 5. The number of aliphatic imine (C=N–C) groups is 3. The highest BCUT2D eigenvalue weighted by Gasteiger charge is 2.27. The number of rotatable bonds is 4. The molecule has 2 N–H and O–H groups in total. The fourth-order valence-electron chi connectivity index (χ4n) is 7.83. The number of nitrogens with one attached hydrogen (secondary N) is 2. The minimum atomic E-state index is 0.652. The summed E-state index contributed by atoms with van der Waals surface area (Å²) < 4.78 is 0. The molecule has 0 saturated carbocycles. The summed E-state index contributed by atoms with van der Waals surface area (Å²) in [7, 11) is 0. The lowest BCUT2D eigenvalue weighted by Gasteiger charge is -2.20. The van der Waals surface area contributed by atoms with Gasteiger partial charge in [0.2, 0.25) is 0 Å². The van der Waals surface area contributed by atoms with Gasteiger partial charge in [-0.2, -0.15) is 0 Å². The van der Waals surface area contributed by atoms with E-state index in [1.54, 1.807) is 0 Å². The normalized spacial score (nSPS) is 18.3. The summed E-state index contributed by atoms with van der Waals surface area (Å²) in [6.07, 6.45) is 6.38. The highest BCUT2D eigenvalue weighted by Crippen LogP contribution is 2.40. The highest BCUT2D eigenvalue weighted by atomic mass is 15.1. The lowest BCUT2D eigenvalue weighted by atomic mass is 9.88. The van der Waals surface area contributed by atoms with Crippen LogP contribution in [-0.4, -0.2) is 27.4 Å². The first-order valence-electron chi connectivity index (χ1n) is 17.5. The Balaban J connectivity index is 1.45. The summed E-state index contributed by atoms with van der Waals surface area (Å²) in [5.41, 5.74) is 12.7. The van der Waals surface area contributed by atoms with E-state index in [1.807, 2.05) is 0 Å². The van der Waals surface area contributed by atoms with Crippen LogP contribution in [0.25, 0.3) is 27.2 Å². The molecule has 7 nitrogen and oxygen atoms in total. The van der Waals surface area contributed by atoms with Crippen molar-refractivity contribution in [3.8, 4) is 0 Å². The van der Waals surface area contributed by atoms with E-state index in [0.29, 0.717) is 18.1 Å². The van der Waals surface area contributed by atoms with E-state index >= 15 is 0 Å². The van der Waals surface area contributed by atoms with E-state index in [0.717, 1.165) is 97.9 Å². The lowest BCUT2D eigenvalue weighted by Crippen LogP contribution is -2.16. The molecular weight excluding hydrogens is 603 g/mol. The fraction of sp³-hybridized carbons (Fsp3) is 0.214. The van der Waals surface area contributed by atoms with Crippen molar-refractivity contribution in [3.05, 3.63) is 134 Å². The molecule has 0 amide bonds. The Kier molecular flexibility index (Phi) is 6.90. The summed E-state index contributed by atoms with van der Waals surface area (Å²) in [5.74, 6) is 2.92. The van der Waals surface area contributed by atoms with Gasteiger partial charge in [-0.15, -0.1) is 0 Å². The zero-order valence-electron chi connectivity index (χ0n) is 28.3. The molecule has 0 fully saturated rings. The van der Waals surface area contributed by atoms with Crippen molar-refractivity contribution in [1.29, 1.82) is 0 Å². The maximum absolute atomic E-state index is 5.42. The molecule has 2 aromatic heterocycles. The van der Waals surface area contributed by atoms with Crippen LogP contribution in [-0.2, 0) is 25.7 Å². The van der Waals surface area contributed by atoms with E-state index in [9.17, 15) is 0 Å². The predicted octanol–water partition coefficient (Wildman–Crippen LogP) is 8.56. The van der Waals surface area contributed by atoms with Crippen molar-refractivity contribution in [2.45, 2.75) is 59.8 Å². The highest BCUT2D eigenvalue weighted by molar-refractivity contribution is 6.24. The van der Waals surface area contributed by atoms with Crippen LogP contribution in [0, 0.1) is 0 Å². The lowest BCUT2D eigenvalue weighted by molar-refractivity contribution is 1.10. The number of aryl methyl sites for hydroxylation is 4. The number of benzene rings is 4. The molecule has 0 spiro atoms. The molecule has 7 heteroatoms. The van der Waals surface area contributed by atoms with E-state index < -0.39 is 0 Å². The van der Waals surface area contributed by atoms with Crippen molar-refractivity contribution in [3.63, 3.8) is 0 Å². The largest absolute Gasteiger partial charge is 0.324 e. The van der Waals surface area contributed by atoms with Crippen LogP contribution in [0.2, 0.25) is 0 Å². The molecule has 2 aliphatic heterocycles. The Morgan fingerprint density at radius 2 is 1.16 bits per heavy atom. The molecule has 49 heavy (non-hydrogen) atoms. The molecular formula is C42H37N7. The van der Waals surface area contributed by atoms with Crippen LogP contribution in [0.15, 0.2) is 104 Å². The monoisotopic (exact) mass is 639 g/mol. The van der Waals surface area contributed by atoms with E-state index in [2.05, 4.69) is 117 Å². The predicted molar refractivity (Wildman–Crippen MR) is 201 cm³/mol. The Morgan fingerprint density at radius 1 is 0.510 bits per heavy atom. The molecule has 9 rings (SSSR count). The number of hydrogen-bond donors (Lipinski definition) is 2. The van der Waals surface area contributed by atoms with E-state index in [-0.39, 0.29) is 0 Å². The third-order valence-electron chi connectivity index (χ3n) is 10.2. The summed E-state index contributed by atoms with van der Waals surface area (Å²) >= 11 is 0. The van der Waals surface area contributed by atoms with Gasteiger partial charge in [-0.3, -0.25) is 0 Å². The Bertz CT molecular complexity index is 2620. The SMILES string of the molecule is CCc1cccc2c1/C1=N/c3[nH]c(c4cccc(CC)c34)/N=C3\CC=C(/N=c4\[nH]/c(c5c(CC)cccc45)=N\C2=N1)c1cccc(CC)c13. The second-order valence-electron chi connectivity index (χ2n) is 12.9. The number of allylic oxidation sites excluding steroid dienone is 1. The van der Waals surface area contributed by atoms with Crippen LogP contribution in [0.5, 0.6) is 0 Å². The molecule has 1 aliphatic carbocycles. The summed E-state index contributed by atoms with van der Waals surface area (Å²) in [6, 6.07) is 25.8. The Labute approximate surface area is 284 Å². The maximum atomic E-state index is 5.42. The number of aromatic amines is 2. The van der Waals surface area contributed by atoms with Crippen LogP contribution >= 0.6 is 0 Å². The van der Waals surface area contributed by atoms with Gasteiger partial charge in [-0.1, -0.05) is 107 Å². The maximum Gasteiger partial charge on any atom is 0.165 e. The third-order valence-corrected chi connectivity index (χ3v) is 10.2. The molecule has 6 aromatic rings. The molecule has 240 valence electrons. The zero-order valence-corrected chi connectivity index (χ0v) is 28.3. The summed E-state index contributed by atoms with van der Waals surface area (Å²) in [6.45, 7) is 8.77. The van der Waals surface area contributed by atoms with Crippen molar-refractivity contribution < 1.29 is 0 Å². The minimum absolute atomic E-state index is 0.652. The van der Waals surface area contributed by atoms with Crippen molar-refractivity contribution in [2.24, 2.45) is 25.0 Å². The second-order valence-corrected chi connectivity index (χ2v) is 12.9. The zero-order chi connectivity index (χ0) is 33.2. The van der Waals surface area contributed by atoms with Gasteiger partial charge >= 0.3 is 0 Å². The Hall–Kier alpha value is -5.69. The van der Waals surface area contributed by atoms with Crippen LogP contribution < -0.4 is 11.0 Å². The average Bonchev–Trinajstić information content (AvgIpc) is 3.80. The first kappa shape index (κ1) is 29.4. The van der Waals surface area contributed by atoms with Crippen molar-refractivity contribution in [2.75, 3.05) is 0 Å². The average molecular weight is 640 g/mol. The summed E-state index contributed by atoms with van der Waals surface area (Å²) in [5, 5.41) is 4.29. The van der Waals surface area contributed by atoms with Gasteiger partial charge < -0.3 is 9.97 Å². The smallest absolute Gasteiger partial charge is 0.165 e. The van der Waals surface area contributed by atoms with Crippen LogP contribution in [0.1, 0.15) is 78.6 Å². The van der Waals surface area contributed by atoms with Crippen molar-refractivity contribution in [1.82, 2.24) is 9.97 Å². The van der Waals surface area contributed by atoms with E-state index in [1.165, 1.54) is 27.8 Å². The molecule has 8 bridgehead atoms. The van der Waals surface area contributed by atoms with Crippen molar-refractivity contribution >= 4 is 56.3 Å². The van der Waals surface area contributed by atoms with Gasteiger partial charge in [0.25, 0.3) is 0 Å². The fourth-order valence-corrected chi connectivity index (χ4v) is 7.83. The van der Waals surface area contributed by atoms with Gasteiger partial charge in [0, 0.05) is 50.2 Å². The van der Waals surface area contributed by atoms with Gasteiger partial charge in [0.1, 0.15) is 22.6 Å². The molecule has 0 saturated heterocycles. The number of H-pyrrole nitrogens is 2. The number of aromatic nitrogens is 2. The second kappa shape index (κ2) is 11.5. The topological polar surface area (TPSA) is 93.4 Å². The molecule has 0 unspecified atom stereocenters. The number of amidine groups is 2. The van der Waals surface area contributed by atoms with Gasteiger partial charge in [0.05, 0.1) is 11.4 Å². The van der Waals surface area contributed by atoms with Crippen LogP contribution in [0.4, 0.5) is 11.6 Å². The quantitative estimate of drug-likeness (QED) is 0.193. The number of fused-ring (bicyclic) bond motifs is 19. The van der Waals surface area contributed by atoms with E-state index in [4.69, 9.17) is 25.0 Å². The third kappa shape index (κ3) is 4.52. The molecule has 0 radical (unpaired) electrons. The number of nitrogens with zero attached hydrogens (tertiary/aromatic N) is 5. The first-order chi connectivity index (χ1) is 24.1. The standard InChI is InChI=1S/C42H37N7/c1-5-23-13-9-17-27-31-21-22-32(33(23)27)44-38-29-19-11-15-25(7-3)35(29)41(46-38)49-42-36-26(8-4)16-12-20-30(36)39(48-42)47-40-34-24(6-2)14-10-18-28(34)37(43-31)45-40/h9-21,46H,5-8,22H2,1-4H3,(H,43,45,47,48,49)/b44-32+. The van der Waals surface area contributed by atoms with Crippen LogP contribution in [0.3, 0.4) is 0 Å². The Morgan fingerprint density at radius 3 is 1.92 bits per heavy atom. The summed E-state index contributed by atoms with van der Waals surface area (Å²) in [4.78, 5) is 33.9. The van der Waals surface area contributed by atoms with Gasteiger partial charge in [0.15, 0.2) is 11.7 Å².